The van der Waals surface area contributed by atoms with Crippen LogP contribution in [0.2, 0.25) is 0 Å². The Kier molecular flexibility index (Phi) is 7.15. The van der Waals surface area contributed by atoms with E-state index in [1.807, 2.05) is 17.0 Å². The fourth-order valence-corrected chi connectivity index (χ4v) is 5.09. The molecule has 0 atom stereocenters. The molecule has 0 radical (unpaired) electrons. The predicted molar refractivity (Wildman–Crippen MR) is 144 cm³/mol. The second-order valence-corrected chi connectivity index (χ2v) is 9.55. The molecule has 5 rings (SSSR count). The summed E-state index contributed by atoms with van der Waals surface area (Å²) < 4.78 is 30.5. The summed E-state index contributed by atoms with van der Waals surface area (Å²) in [5.74, 6) is -0.314. The van der Waals surface area contributed by atoms with Crippen LogP contribution in [0.5, 0.6) is 17.2 Å². The summed E-state index contributed by atoms with van der Waals surface area (Å²) in [6.07, 6.45) is 1.59. The number of fused-ring (bicyclic) bond motifs is 1. The molecular formula is C30H29FN2O6. The van der Waals surface area contributed by atoms with E-state index in [0.717, 1.165) is 18.4 Å². The zero-order valence-electron chi connectivity index (χ0n) is 21.9. The van der Waals surface area contributed by atoms with Crippen molar-refractivity contribution in [2.24, 2.45) is 0 Å². The number of amides is 2. The molecular weight excluding hydrogens is 503 g/mol. The van der Waals surface area contributed by atoms with E-state index in [9.17, 15) is 19.1 Å². The summed E-state index contributed by atoms with van der Waals surface area (Å²) in [4.78, 5) is 27.9. The number of likely N-dealkylation sites (tertiary alicyclic amines) is 1. The van der Waals surface area contributed by atoms with Crippen molar-refractivity contribution in [3.8, 4) is 17.2 Å². The smallest absolute Gasteiger partial charge is 0.258 e. The number of benzene rings is 3. The van der Waals surface area contributed by atoms with Gasteiger partial charge in [0, 0.05) is 36.3 Å². The van der Waals surface area contributed by atoms with Gasteiger partial charge in [0.1, 0.15) is 22.8 Å². The molecule has 0 unspecified atom stereocenters. The van der Waals surface area contributed by atoms with Crippen LogP contribution in [-0.4, -0.2) is 49.1 Å². The minimum atomic E-state index is -0.759. The molecule has 3 aromatic carbocycles. The van der Waals surface area contributed by atoms with Crippen LogP contribution in [0.25, 0.3) is 11.0 Å². The molecule has 39 heavy (non-hydrogen) atoms. The van der Waals surface area contributed by atoms with Crippen molar-refractivity contribution in [2.75, 3.05) is 32.6 Å². The number of phenols is 1. The first-order valence-electron chi connectivity index (χ1n) is 12.6. The van der Waals surface area contributed by atoms with Crippen LogP contribution < -0.4 is 14.8 Å². The monoisotopic (exact) mass is 532 g/mol. The minimum Gasteiger partial charge on any atom is -0.508 e. The number of anilines is 1. The Bertz CT molecular complexity index is 1540. The van der Waals surface area contributed by atoms with Gasteiger partial charge < -0.3 is 29.2 Å². The molecule has 0 saturated carbocycles. The molecule has 2 amide bonds. The highest BCUT2D eigenvalue weighted by atomic mass is 19.1. The van der Waals surface area contributed by atoms with Gasteiger partial charge >= 0.3 is 0 Å². The predicted octanol–water partition coefficient (Wildman–Crippen LogP) is 5.88. The molecule has 0 aliphatic carbocycles. The Morgan fingerprint density at radius 2 is 1.74 bits per heavy atom. The Morgan fingerprint density at radius 1 is 1.03 bits per heavy atom. The van der Waals surface area contributed by atoms with Gasteiger partial charge in [0.15, 0.2) is 11.6 Å². The number of halogens is 1. The van der Waals surface area contributed by atoms with E-state index in [4.69, 9.17) is 13.9 Å². The van der Waals surface area contributed by atoms with Crippen molar-refractivity contribution in [1.82, 2.24) is 4.90 Å². The van der Waals surface area contributed by atoms with Crippen molar-refractivity contribution < 1.29 is 33.0 Å². The second kappa shape index (κ2) is 10.7. The van der Waals surface area contributed by atoms with Crippen LogP contribution in [0.1, 0.15) is 50.8 Å². The first-order valence-corrected chi connectivity index (χ1v) is 12.6. The number of rotatable bonds is 6. The number of furan rings is 1. The number of aryl methyl sites for hydroxylation is 1. The number of nitrogens with zero attached hydrogens (tertiary/aromatic N) is 1. The summed E-state index contributed by atoms with van der Waals surface area (Å²) in [6, 6.07) is 14.9. The van der Waals surface area contributed by atoms with Gasteiger partial charge in [0.2, 0.25) is 0 Å². The summed E-state index contributed by atoms with van der Waals surface area (Å²) in [5, 5.41) is 13.1. The fraction of sp³-hybridized carbons (Fsp3) is 0.267. The molecule has 1 aliphatic rings. The molecule has 0 spiro atoms. The van der Waals surface area contributed by atoms with Gasteiger partial charge in [0.05, 0.1) is 25.3 Å². The Hall–Kier alpha value is -4.53. The van der Waals surface area contributed by atoms with Gasteiger partial charge in [-0.1, -0.05) is 12.1 Å². The van der Waals surface area contributed by atoms with E-state index in [1.54, 1.807) is 31.2 Å². The molecule has 2 heterocycles. The molecule has 1 saturated heterocycles. The van der Waals surface area contributed by atoms with Crippen LogP contribution >= 0.6 is 0 Å². The highest BCUT2D eigenvalue weighted by Crippen LogP contribution is 2.33. The average Bonchev–Trinajstić information content (AvgIpc) is 3.27. The minimum absolute atomic E-state index is 0.0740. The first kappa shape index (κ1) is 26.1. The van der Waals surface area contributed by atoms with Crippen LogP contribution in [-0.2, 0) is 0 Å². The molecule has 1 aromatic heterocycles. The number of ether oxygens (including phenoxy) is 2. The SMILES string of the molecule is COc1cc(OC)c(F)c(C(=O)Nc2ccc(C3CCN(C(=O)c4c(C)oc5cc(O)ccc45)CC3)cc2)c1. The highest BCUT2D eigenvalue weighted by molar-refractivity contribution is 6.07. The maximum atomic E-state index is 14.7. The molecule has 1 aliphatic heterocycles. The lowest BCUT2D eigenvalue weighted by Crippen LogP contribution is -2.38. The van der Waals surface area contributed by atoms with Gasteiger partial charge in [-0.25, -0.2) is 4.39 Å². The topological polar surface area (TPSA) is 101 Å². The molecule has 202 valence electrons. The summed E-state index contributed by atoms with van der Waals surface area (Å²) in [6.45, 7) is 2.96. The van der Waals surface area contributed by atoms with Crippen molar-refractivity contribution in [3.63, 3.8) is 0 Å². The number of phenolic OH excluding ortho intramolecular Hbond substituents is 1. The number of nitrogens with one attached hydrogen (secondary N) is 1. The van der Waals surface area contributed by atoms with Crippen LogP contribution in [0, 0.1) is 12.7 Å². The van der Waals surface area contributed by atoms with Gasteiger partial charge in [-0.3, -0.25) is 9.59 Å². The van der Waals surface area contributed by atoms with E-state index in [2.05, 4.69) is 5.32 Å². The number of carbonyl (C=O) groups is 2. The Morgan fingerprint density at radius 3 is 2.41 bits per heavy atom. The van der Waals surface area contributed by atoms with E-state index < -0.39 is 11.7 Å². The maximum Gasteiger partial charge on any atom is 0.258 e. The molecule has 0 bridgehead atoms. The average molecular weight is 533 g/mol. The van der Waals surface area contributed by atoms with Gasteiger partial charge in [0.25, 0.3) is 11.8 Å². The largest absolute Gasteiger partial charge is 0.508 e. The number of methoxy groups -OCH3 is 2. The second-order valence-electron chi connectivity index (χ2n) is 9.55. The zero-order chi connectivity index (χ0) is 27.7. The lowest BCUT2D eigenvalue weighted by molar-refractivity contribution is 0.0712. The number of hydrogen-bond acceptors (Lipinski definition) is 6. The van der Waals surface area contributed by atoms with E-state index >= 15 is 0 Å². The lowest BCUT2D eigenvalue weighted by atomic mass is 9.89. The fourth-order valence-electron chi connectivity index (χ4n) is 5.09. The van der Waals surface area contributed by atoms with Gasteiger partial charge in [-0.2, -0.15) is 0 Å². The normalized spacial score (nSPS) is 13.9. The van der Waals surface area contributed by atoms with Gasteiger partial charge in [-0.05, 0) is 61.6 Å². The number of carbonyl (C=O) groups excluding carboxylic acids is 2. The quantitative estimate of drug-likeness (QED) is 0.322. The van der Waals surface area contributed by atoms with Gasteiger partial charge in [-0.15, -0.1) is 0 Å². The summed E-state index contributed by atoms with van der Waals surface area (Å²) in [7, 11) is 2.76. The van der Waals surface area contributed by atoms with Crippen molar-refractivity contribution in [1.29, 1.82) is 0 Å². The highest BCUT2D eigenvalue weighted by Gasteiger charge is 2.28. The summed E-state index contributed by atoms with van der Waals surface area (Å²) in [5.41, 5.74) is 2.49. The van der Waals surface area contributed by atoms with Crippen molar-refractivity contribution in [3.05, 3.63) is 82.9 Å². The maximum absolute atomic E-state index is 14.7. The van der Waals surface area contributed by atoms with Crippen molar-refractivity contribution in [2.45, 2.75) is 25.7 Å². The van der Waals surface area contributed by atoms with Crippen molar-refractivity contribution >= 4 is 28.5 Å². The first-order chi connectivity index (χ1) is 18.8. The third-order valence-electron chi connectivity index (χ3n) is 7.20. The molecule has 9 heteroatoms. The Balaban J connectivity index is 1.23. The van der Waals surface area contributed by atoms with E-state index in [0.29, 0.717) is 46.8 Å². The molecule has 4 aromatic rings. The van der Waals surface area contributed by atoms with Crippen LogP contribution in [0.4, 0.5) is 10.1 Å². The standard InChI is InChI=1S/C30H29FN2O6/c1-17-27(23-9-8-21(34)14-25(23)39-17)30(36)33-12-10-19(11-13-33)18-4-6-20(7-5-18)32-29(35)24-15-22(37-2)16-26(38-3)28(24)31/h4-9,14-16,19,34H,10-13H2,1-3H3,(H,32,35). The third kappa shape index (κ3) is 5.12. The number of hydrogen-bond donors (Lipinski definition) is 2. The van der Waals surface area contributed by atoms with E-state index in [1.165, 1.54) is 32.4 Å². The summed E-state index contributed by atoms with van der Waals surface area (Å²) >= 11 is 0. The molecule has 2 N–H and O–H groups in total. The van der Waals surface area contributed by atoms with E-state index in [-0.39, 0.29) is 28.9 Å². The van der Waals surface area contributed by atoms with Crippen LogP contribution in [0.15, 0.2) is 59.0 Å². The Labute approximate surface area is 224 Å². The van der Waals surface area contributed by atoms with Crippen LogP contribution in [0.3, 0.4) is 0 Å². The molecule has 8 nitrogen and oxygen atoms in total. The zero-order valence-corrected chi connectivity index (χ0v) is 21.9. The number of aromatic hydroxyl groups is 1. The number of piperidine rings is 1. The lowest BCUT2D eigenvalue weighted by Gasteiger charge is -2.32. The molecule has 1 fully saturated rings. The third-order valence-corrected chi connectivity index (χ3v) is 7.20.